The molecule has 0 spiro atoms. The number of carbonyl (C=O) groups is 1. The van der Waals surface area contributed by atoms with E-state index in [9.17, 15) is 18.0 Å². The van der Waals surface area contributed by atoms with Gasteiger partial charge in [-0.3, -0.25) is 0 Å². The molecule has 0 unspecified atom stereocenters. The zero-order chi connectivity index (χ0) is 26.0. The molecule has 10 heteroatoms. The van der Waals surface area contributed by atoms with E-state index in [1.54, 1.807) is 30.3 Å². The number of nitrogens with zero attached hydrogens (tertiary/aromatic N) is 1. The summed E-state index contributed by atoms with van der Waals surface area (Å²) in [5, 5.41) is 6.67. The minimum Gasteiger partial charge on any atom is -0.334 e. The van der Waals surface area contributed by atoms with Crippen molar-refractivity contribution in [2.24, 2.45) is 0 Å². The summed E-state index contributed by atoms with van der Waals surface area (Å²) in [4.78, 5) is 12.5. The molecule has 0 bridgehead atoms. The highest BCUT2D eigenvalue weighted by Crippen LogP contribution is 2.34. The maximum atomic E-state index is 13.0. The van der Waals surface area contributed by atoms with Crippen molar-refractivity contribution in [3.8, 4) is 16.9 Å². The van der Waals surface area contributed by atoms with Crippen molar-refractivity contribution in [1.29, 1.82) is 0 Å². The van der Waals surface area contributed by atoms with E-state index in [1.807, 2.05) is 29.7 Å². The van der Waals surface area contributed by atoms with E-state index in [0.29, 0.717) is 20.8 Å². The Bertz CT molecular complexity index is 1420. The van der Waals surface area contributed by atoms with Crippen molar-refractivity contribution in [3.63, 3.8) is 0 Å². The minimum absolute atomic E-state index is 0.0337. The summed E-state index contributed by atoms with van der Waals surface area (Å²) >= 11 is 18.7. The van der Waals surface area contributed by atoms with Crippen molar-refractivity contribution >= 4 is 46.5 Å². The van der Waals surface area contributed by atoms with Gasteiger partial charge < -0.3 is 15.2 Å². The molecule has 0 radical (unpaired) electrons. The molecule has 2 N–H and O–H groups in total. The molecule has 0 atom stereocenters. The quantitative estimate of drug-likeness (QED) is 0.255. The second-order valence-electron chi connectivity index (χ2n) is 7.96. The van der Waals surface area contributed by atoms with Crippen LogP contribution < -0.4 is 10.6 Å². The van der Waals surface area contributed by atoms with E-state index in [2.05, 4.69) is 10.6 Å². The molecule has 186 valence electrons. The second-order valence-corrected chi connectivity index (χ2v) is 9.24. The fraction of sp³-hybridized carbons (Fsp3) is 0.115. The Balaban J connectivity index is 1.61. The molecule has 0 aliphatic heterocycles. The number of aromatic nitrogens is 1. The van der Waals surface area contributed by atoms with Gasteiger partial charge in [0.1, 0.15) is 0 Å². The first kappa shape index (κ1) is 25.9. The van der Waals surface area contributed by atoms with Crippen LogP contribution in [0.25, 0.3) is 16.9 Å². The van der Waals surface area contributed by atoms with Gasteiger partial charge in [-0.2, -0.15) is 13.2 Å². The van der Waals surface area contributed by atoms with Crippen LogP contribution in [0.5, 0.6) is 0 Å². The van der Waals surface area contributed by atoms with E-state index in [-0.39, 0.29) is 12.2 Å². The zero-order valence-electron chi connectivity index (χ0n) is 18.8. The van der Waals surface area contributed by atoms with Gasteiger partial charge in [-0.25, -0.2) is 4.79 Å². The number of benzene rings is 3. The third kappa shape index (κ3) is 5.81. The van der Waals surface area contributed by atoms with Crippen LogP contribution in [0.3, 0.4) is 0 Å². The molecule has 0 aliphatic rings. The average molecular weight is 553 g/mol. The number of carbonyl (C=O) groups excluding carboxylic acids is 1. The van der Waals surface area contributed by atoms with Crippen LogP contribution in [0, 0.1) is 6.92 Å². The fourth-order valence-corrected chi connectivity index (χ4v) is 4.39. The first-order chi connectivity index (χ1) is 17.0. The number of urea groups is 1. The fourth-order valence-electron chi connectivity index (χ4n) is 3.77. The van der Waals surface area contributed by atoms with Crippen molar-refractivity contribution < 1.29 is 18.0 Å². The highest BCUT2D eigenvalue weighted by Gasteiger charge is 2.30. The highest BCUT2D eigenvalue weighted by molar-refractivity contribution is 6.35. The second kappa shape index (κ2) is 10.5. The first-order valence-electron chi connectivity index (χ1n) is 10.7. The summed E-state index contributed by atoms with van der Waals surface area (Å²) in [7, 11) is 0. The maximum absolute atomic E-state index is 13.0. The lowest BCUT2D eigenvalue weighted by Crippen LogP contribution is -2.28. The van der Waals surface area contributed by atoms with Crippen LogP contribution in [-0.2, 0) is 12.7 Å². The van der Waals surface area contributed by atoms with Gasteiger partial charge >= 0.3 is 12.2 Å². The largest absolute Gasteiger partial charge is 0.416 e. The summed E-state index contributed by atoms with van der Waals surface area (Å²) in [6.45, 7) is 2.00. The molecule has 1 aromatic heterocycles. The van der Waals surface area contributed by atoms with Gasteiger partial charge in [-0.15, -0.1) is 0 Å². The molecule has 0 aliphatic carbocycles. The van der Waals surface area contributed by atoms with Gasteiger partial charge in [0, 0.05) is 28.0 Å². The predicted molar refractivity (Wildman–Crippen MR) is 138 cm³/mol. The molecule has 2 amide bonds. The van der Waals surface area contributed by atoms with Gasteiger partial charge in [-0.1, -0.05) is 53.0 Å². The van der Waals surface area contributed by atoms with Gasteiger partial charge in [-0.05, 0) is 72.6 Å². The Hall–Kier alpha value is -3.13. The summed E-state index contributed by atoms with van der Waals surface area (Å²) in [6, 6.07) is 18.2. The number of hydrogen-bond donors (Lipinski definition) is 2. The van der Waals surface area contributed by atoms with Crippen LogP contribution in [0.1, 0.15) is 16.8 Å². The van der Waals surface area contributed by atoms with Crippen LogP contribution >= 0.6 is 34.8 Å². The van der Waals surface area contributed by atoms with Gasteiger partial charge in [0.15, 0.2) is 0 Å². The highest BCUT2D eigenvalue weighted by atomic mass is 35.5. The Morgan fingerprint density at radius 3 is 2.28 bits per heavy atom. The molecule has 4 nitrogen and oxygen atoms in total. The third-order valence-electron chi connectivity index (χ3n) is 5.53. The minimum atomic E-state index is -4.50. The number of amides is 2. The Kier molecular flexibility index (Phi) is 7.54. The lowest BCUT2D eigenvalue weighted by molar-refractivity contribution is -0.137. The number of halogens is 6. The van der Waals surface area contributed by atoms with Crippen molar-refractivity contribution in [1.82, 2.24) is 9.88 Å². The lowest BCUT2D eigenvalue weighted by Gasteiger charge is -2.15. The summed E-state index contributed by atoms with van der Waals surface area (Å²) in [5.41, 5.74) is 3.15. The van der Waals surface area contributed by atoms with E-state index in [1.165, 1.54) is 12.1 Å². The van der Waals surface area contributed by atoms with Crippen LogP contribution in [0.4, 0.5) is 23.7 Å². The van der Waals surface area contributed by atoms with Crippen molar-refractivity contribution in [2.45, 2.75) is 19.6 Å². The number of hydrogen-bond acceptors (Lipinski definition) is 1. The SMILES string of the molecule is Cc1c(CNC(=O)Nc2cccc(C(F)(F)F)c2)cc(-c2ccc(Cl)cc2)n1-c1ccc(Cl)cc1Cl. The Morgan fingerprint density at radius 1 is 0.917 bits per heavy atom. The Morgan fingerprint density at radius 2 is 1.61 bits per heavy atom. The molecule has 4 rings (SSSR count). The van der Waals surface area contributed by atoms with E-state index in [0.717, 1.165) is 34.6 Å². The topological polar surface area (TPSA) is 46.1 Å². The molecule has 1 heterocycles. The number of alkyl halides is 3. The van der Waals surface area contributed by atoms with Crippen LogP contribution in [-0.4, -0.2) is 10.6 Å². The predicted octanol–water partition coefficient (Wildman–Crippen LogP) is 8.75. The smallest absolute Gasteiger partial charge is 0.334 e. The standard InChI is InChI=1S/C26H19Cl3F3N3O/c1-15-17(14-33-25(36)34-21-4-2-3-18(12-21)26(30,31)32)11-24(16-5-7-19(27)8-6-16)35(15)23-10-9-20(28)13-22(23)29/h2-13H,14H2,1H3,(H2,33,34,36). The third-order valence-corrected chi connectivity index (χ3v) is 6.32. The molecule has 0 saturated carbocycles. The molecule has 4 aromatic rings. The zero-order valence-corrected chi connectivity index (χ0v) is 21.0. The molecule has 36 heavy (non-hydrogen) atoms. The van der Waals surface area contributed by atoms with Crippen LogP contribution in [0.2, 0.25) is 15.1 Å². The summed E-state index contributed by atoms with van der Waals surface area (Å²) in [5.74, 6) is 0. The maximum Gasteiger partial charge on any atom is 0.416 e. The summed E-state index contributed by atoms with van der Waals surface area (Å²) in [6.07, 6.45) is -4.50. The van der Waals surface area contributed by atoms with Crippen molar-refractivity contribution in [3.05, 3.63) is 105 Å². The van der Waals surface area contributed by atoms with E-state index >= 15 is 0 Å². The summed E-state index contributed by atoms with van der Waals surface area (Å²) < 4.78 is 40.8. The molecular weight excluding hydrogens is 534 g/mol. The van der Waals surface area contributed by atoms with Crippen LogP contribution in [0.15, 0.2) is 72.8 Å². The van der Waals surface area contributed by atoms with Gasteiger partial charge in [0.2, 0.25) is 0 Å². The lowest BCUT2D eigenvalue weighted by atomic mass is 10.1. The van der Waals surface area contributed by atoms with Gasteiger partial charge in [0.05, 0.1) is 22.0 Å². The molecular formula is C26H19Cl3F3N3O. The Labute approximate surface area is 220 Å². The number of anilines is 1. The first-order valence-corrected chi connectivity index (χ1v) is 11.8. The normalized spacial score (nSPS) is 11.4. The average Bonchev–Trinajstić information content (AvgIpc) is 3.14. The van der Waals surface area contributed by atoms with Gasteiger partial charge in [0.25, 0.3) is 0 Å². The van der Waals surface area contributed by atoms with E-state index < -0.39 is 17.8 Å². The monoisotopic (exact) mass is 551 g/mol. The number of rotatable bonds is 5. The molecule has 3 aromatic carbocycles. The molecule has 0 saturated heterocycles. The number of nitrogens with one attached hydrogen (secondary N) is 2. The molecule has 0 fully saturated rings. The van der Waals surface area contributed by atoms with Crippen molar-refractivity contribution in [2.75, 3.05) is 5.32 Å². The van der Waals surface area contributed by atoms with E-state index in [4.69, 9.17) is 34.8 Å².